The monoisotopic (exact) mass is 684 g/mol. The van der Waals surface area contributed by atoms with Gasteiger partial charge in [-0.05, 0) is 146 Å². The van der Waals surface area contributed by atoms with Gasteiger partial charge in [0.2, 0.25) is 0 Å². The van der Waals surface area contributed by atoms with E-state index in [1.165, 1.54) is 73.6 Å². The number of aromatic nitrogens is 2. The summed E-state index contributed by atoms with van der Waals surface area (Å²) >= 11 is 0. The molecule has 0 spiro atoms. The maximum atomic E-state index is 13.6. The molecule has 0 bridgehead atoms. The van der Waals surface area contributed by atoms with Gasteiger partial charge >= 0.3 is 0 Å². The summed E-state index contributed by atoms with van der Waals surface area (Å²) in [7, 11) is 0. The Bertz CT molecular complexity index is 1890. The Balaban J connectivity index is 1.06. The van der Waals surface area contributed by atoms with E-state index >= 15 is 0 Å². The zero-order chi connectivity index (χ0) is 35.3. The van der Waals surface area contributed by atoms with Gasteiger partial charge in [-0.25, -0.2) is 0 Å². The molecule has 8 heteroatoms. The number of amides is 2. The van der Waals surface area contributed by atoms with Crippen LogP contribution in [0.15, 0.2) is 60.9 Å². The van der Waals surface area contributed by atoms with E-state index in [0.717, 1.165) is 66.1 Å². The number of nitrogens with zero attached hydrogens (tertiary/aromatic N) is 2. The maximum absolute atomic E-state index is 13.6. The number of anilines is 2. The van der Waals surface area contributed by atoms with Crippen LogP contribution in [-0.2, 0) is 13.1 Å². The van der Waals surface area contributed by atoms with Gasteiger partial charge in [-0.1, -0.05) is 50.5 Å². The van der Waals surface area contributed by atoms with Crippen molar-refractivity contribution in [3.63, 3.8) is 0 Å². The predicted octanol–water partition coefficient (Wildman–Crippen LogP) is 8.94. The summed E-state index contributed by atoms with van der Waals surface area (Å²) < 4.78 is 0. The Kier molecular flexibility index (Phi) is 10.9. The molecule has 2 amide bonds. The van der Waals surface area contributed by atoms with E-state index in [0.29, 0.717) is 29.3 Å². The van der Waals surface area contributed by atoms with Crippen LogP contribution in [0.5, 0.6) is 0 Å². The summed E-state index contributed by atoms with van der Waals surface area (Å²) in [5.74, 6) is 0.614. The molecular formula is C43H52N6O2. The summed E-state index contributed by atoms with van der Waals surface area (Å²) in [5.41, 5.74) is 11.2. The lowest BCUT2D eigenvalue weighted by Crippen LogP contribution is -2.21. The fourth-order valence-electron chi connectivity index (χ4n) is 7.18. The fraction of sp³-hybridized carbons (Fsp3) is 0.442. The topological polar surface area (TPSA) is 108 Å². The van der Waals surface area contributed by atoms with Gasteiger partial charge in [0, 0.05) is 42.9 Å². The van der Waals surface area contributed by atoms with Crippen molar-refractivity contribution in [3.05, 3.63) is 106 Å². The third-order valence-electron chi connectivity index (χ3n) is 11.0. The number of hydrogen-bond donors (Lipinski definition) is 4. The SMILES string of the molecule is CCCCCNCc1cnc(C(=O)Nc2cccc(-c3cccc(NC(=O)c4cc(C5CC5)c(CNC5CC5)cn4)c3C)c2C)cc1C1CCC1. The Labute approximate surface area is 302 Å². The Hall–Kier alpha value is -4.40. The number of rotatable bonds is 16. The molecule has 0 saturated heterocycles. The molecule has 3 aliphatic rings. The molecule has 4 N–H and O–H groups in total. The zero-order valence-corrected chi connectivity index (χ0v) is 30.4. The molecule has 51 heavy (non-hydrogen) atoms. The first-order valence-electron chi connectivity index (χ1n) is 19.1. The first kappa shape index (κ1) is 35.0. The summed E-state index contributed by atoms with van der Waals surface area (Å²) in [4.78, 5) is 36.4. The Morgan fingerprint density at radius 3 is 1.75 bits per heavy atom. The van der Waals surface area contributed by atoms with Crippen molar-refractivity contribution >= 4 is 23.2 Å². The van der Waals surface area contributed by atoms with Crippen molar-refractivity contribution in [1.82, 2.24) is 20.6 Å². The van der Waals surface area contributed by atoms with Crippen LogP contribution in [-0.4, -0.2) is 34.4 Å². The molecule has 3 fully saturated rings. The second-order valence-electron chi connectivity index (χ2n) is 14.8. The lowest BCUT2D eigenvalue weighted by molar-refractivity contribution is 0.101. The molecule has 2 heterocycles. The lowest BCUT2D eigenvalue weighted by atomic mass is 9.78. The van der Waals surface area contributed by atoms with Crippen molar-refractivity contribution in [2.45, 2.75) is 116 Å². The van der Waals surface area contributed by atoms with E-state index in [9.17, 15) is 9.59 Å². The summed E-state index contributed by atoms with van der Waals surface area (Å²) in [5, 5.41) is 13.5. The van der Waals surface area contributed by atoms with Crippen molar-refractivity contribution < 1.29 is 9.59 Å². The molecule has 3 aliphatic carbocycles. The summed E-state index contributed by atoms with van der Waals surface area (Å²) in [6, 6.07) is 16.6. The maximum Gasteiger partial charge on any atom is 0.274 e. The van der Waals surface area contributed by atoms with Crippen LogP contribution < -0.4 is 21.3 Å². The number of pyridine rings is 2. The van der Waals surface area contributed by atoms with E-state index in [1.807, 2.05) is 62.6 Å². The van der Waals surface area contributed by atoms with Crippen molar-refractivity contribution in [2.24, 2.45) is 0 Å². The lowest BCUT2D eigenvalue weighted by Gasteiger charge is -2.28. The van der Waals surface area contributed by atoms with E-state index < -0.39 is 0 Å². The highest BCUT2D eigenvalue weighted by Crippen LogP contribution is 2.42. The minimum absolute atomic E-state index is 0.205. The number of carbonyl (C=O) groups excluding carboxylic acids is 2. The second kappa shape index (κ2) is 15.9. The van der Waals surface area contributed by atoms with Crippen LogP contribution in [0.2, 0.25) is 0 Å². The average Bonchev–Trinajstić information content (AvgIpc) is 4.04. The van der Waals surface area contributed by atoms with Gasteiger partial charge in [0.1, 0.15) is 11.4 Å². The van der Waals surface area contributed by atoms with Crippen molar-refractivity contribution in [3.8, 4) is 11.1 Å². The largest absolute Gasteiger partial charge is 0.320 e. The van der Waals surface area contributed by atoms with Gasteiger partial charge < -0.3 is 21.3 Å². The number of carbonyl (C=O) groups is 2. The second-order valence-corrected chi connectivity index (χ2v) is 14.8. The third kappa shape index (κ3) is 8.40. The van der Waals surface area contributed by atoms with Crippen molar-refractivity contribution in [2.75, 3.05) is 17.2 Å². The van der Waals surface area contributed by atoms with Crippen LogP contribution in [0.3, 0.4) is 0 Å². The highest BCUT2D eigenvalue weighted by atomic mass is 16.2. The zero-order valence-electron chi connectivity index (χ0n) is 30.4. The van der Waals surface area contributed by atoms with Crippen LogP contribution in [0.1, 0.15) is 137 Å². The molecule has 2 aromatic heterocycles. The van der Waals surface area contributed by atoms with Gasteiger partial charge in [0.05, 0.1) is 0 Å². The summed E-state index contributed by atoms with van der Waals surface area (Å²) in [6.07, 6.45) is 15.8. The molecule has 7 rings (SSSR count). The Morgan fingerprint density at radius 1 is 0.706 bits per heavy atom. The quantitative estimate of drug-likeness (QED) is 0.0878. The standard InChI is InChI=1S/C43H52N6O2/c1-4-5-6-20-44-23-31-25-46-40(21-36(31)29-10-7-11-29)42(50)48-38-14-8-12-34(27(38)2)35-13-9-15-39(28(35)3)49-43(51)41-22-37(30-16-17-30)32(26-47-41)24-45-33-18-19-33/h8-9,12-15,21-22,25-26,29-30,33,44-45H,4-7,10-11,16-20,23-24H2,1-3H3,(H,48,50)(H,49,51). The van der Waals surface area contributed by atoms with Crippen LogP contribution in [0.25, 0.3) is 11.1 Å². The molecule has 0 unspecified atom stereocenters. The van der Waals surface area contributed by atoms with E-state index in [1.54, 1.807) is 0 Å². The minimum Gasteiger partial charge on any atom is -0.320 e. The van der Waals surface area contributed by atoms with E-state index in [-0.39, 0.29) is 11.8 Å². The van der Waals surface area contributed by atoms with Crippen LogP contribution >= 0.6 is 0 Å². The van der Waals surface area contributed by atoms with Gasteiger partial charge in [-0.3, -0.25) is 19.6 Å². The summed E-state index contributed by atoms with van der Waals surface area (Å²) in [6.45, 7) is 8.86. The first-order valence-corrected chi connectivity index (χ1v) is 19.1. The van der Waals surface area contributed by atoms with Gasteiger partial charge in [0.15, 0.2) is 0 Å². The first-order chi connectivity index (χ1) is 24.9. The van der Waals surface area contributed by atoms with Gasteiger partial charge in [-0.2, -0.15) is 0 Å². The average molecular weight is 685 g/mol. The van der Waals surface area contributed by atoms with Gasteiger partial charge in [-0.15, -0.1) is 0 Å². The highest BCUT2D eigenvalue weighted by molar-refractivity contribution is 6.05. The number of unbranched alkanes of at least 4 members (excludes halogenated alkanes) is 2. The van der Waals surface area contributed by atoms with Gasteiger partial charge in [0.25, 0.3) is 11.8 Å². The van der Waals surface area contributed by atoms with E-state index in [2.05, 4.69) is 50.3 Å². The third-order valence-corrected chi connectivity index (χ3v) is 11.0. The number of nitrogens with one attached hydrogen (secondary N) is 4. The molecule has 0 atom stereocenters. The molecule has 0 radical (unpaired) electrons. The van der Waals surface area contributed by atoms with Crippen LogP contribution in [0, 0.1) is 13.8 Å². The molecule has 4 aromatic rings. The number of benzene rings is 2. The molecule has 2 aromatic carbocycles. The molecule has 8 nitrogen and oxygen atoms in total. The highest BCUT2D eigenvalue weighted by Gasteiger charge is 2.29. The normalized spacial score (nSPS) is 15.7. The van der Waals surface area contributed by atoms with E-state index in [4.69, 9.17) is 0 Å². The smallest absolute Gasteiger partial charge is 0.274 e. The minimum atomic E-state index is -0.205. The predicted molar refractivity (Wildman–Crippen MR) is 205 cm³/mol. The Morgan fingerprint density at radius 2 is 1.25 bits per heavy atom. The molecule has 0 aliphatic heterocycles. The number of hydrogen-bond acceptors (Lipinski definition) is 6. The van der Waals surface area contributed by atoms with Crippen molar-refractivity contribution in [1.29, 1.82) is 0 Å². The fourth-order valence-corrected chi connectivity index (χ4v) is 7.18. The molecule has 266 valence electrons. The molecule has 3 saturated carbocycles. The van der Waals surface area contributed by atoms with Crippen LogP contribution in [0.4, 0.5) is 11.4 Å². The molecular weight excluding hydrogens is 633 g/mol.